The van der Waals surface area contributed by atoms with Gasteiger partial charge in [-0.1, -0.05) is 6.07 Å². The van der Waals surface area contributed by atoms with Crippen LogP contribution in [0.5, 0.6) is 5.75 Å². The van der Waals surface area contributed by atoms with Crippen LogP contribution < -0.4 is 9.64 Å². The number of carbonyl (C=O) groups is 2. The second-order valence-electron chi connectivity index (χ2n) is 3.39. The molecule has 0 spiro atoms. The van der Waals surface area contributed by atoms with Crippen LogP contribution in [0.25, 0.3) is 0 Å². The Morgan fingerprint density at radius 2 is 1.67 bits per heavy atom. The first-order valence-corrected chi connectivity index (χ1v) is 4.79. The number of ether oxygens (including phenoxy) is 1. The van der Waals surface area contributed by atoms with Crippen LogP contribution in [0.3, 0.4) is 0 Å². The lowest BCUT2D eigenvalue weighted by molar-refractivity contribution is -0.274. The summed E-state index contributed by atoms with van der Waals surface area (Å²) in [5.41, 5.74) is 0.0248. The van der Waals surface area contributed by atoms with Crippen molar-refractivity contribution in [2.75, 3.05) is 4.90 Å². The number of hydrogen-bond acceptors (Lipinski definition) is 3. The minimum Gasteiger partial charge on any atom is -0.406 e. The summed E-state index contributed by atoms with van der Waals surface area (Å²) >= 11 is 0. The molecule has 0 aliphatic carbocycles. The topological polar surface area (TPSA) is 46.6 Å². The van der Waals surface area contributed by atoms with Crippen LogP contribution in [0.15, 0.2) is 36.4 Å². The maximum atomic E-state index is 12.0. The Bertz CT molecular complexity index is 519. The number of alkyl halides is 3. The van der Waals surface area contributed by atoms with Crippen LogP contribution in [-0.2, 0) is 9.59 Å². The van der Waals surface area contributed by atoms with E-state index in [0.29, 0.717) is 0 Å². The lowest BCUT2D eigenvalue weighted by atomic mass is 10.2. The number of hydrogen-bond donors (Lipinski definition) is 0. The van der Waals surface area contributed by atoms with E-state index >= 15 is 0 Å². The highest BCUT2D eigenvalue weighted by atomic mass is 19.4. The zero-order chi connectivity index (χ0) is 13.3. The average molecular weight is 257 g/mol. The van der Waals surface area contributed by atoms with Gasteiger partial charge in [0.25, 0.3) is 11.8 Å². The van der Waals surface area contributed by atoms with E-state index in [1.54, 1.807) is 0 Å². The van der Waals surface area contributed by atoms with E-state index in [1.807, 2.05) is 0 Å². The molecular formula is C11H6F3NO3. The Morgan fingerprint density at radius 3 is 2.22 bits per heavy atom. The SMILES string of the molecule is O=C1C=CC(=O)N1c1cccc(OC(F)(F)F)c1. The molecule has 0 saturated heterocycles. The molecule has 0 radical (unpaired) electrons. The van der Waals surface area contributed by atoms with E-state index in [0.717, 1.165) is 29.2 Å². The van der Waals surface area contributed by atoms with Crippen LogP contribution in [0.1, 0.15) is 0 Å². The van der Waals surface area contributed by atoms with Gasteiger partial charge in [0.15, 0.2) is 0 Å². The lowest BCUT2D eigenvalue weighted by Gasteiger charge is -2.15. The molecule has 1 aromatic carbocycles. The number of imide groups is 1. The van der Waals surface area contributed by atoms with Crippen molar-refractivity contribution in [3.63, 3.8) is 0 Å². The predicted octanol–water partition coefficient (Wildman–Crippen LogP) is 2.01. The summed E-state index contributed by atoms with van der Waals surface area (Å²) in [6.45, 7) is 0. The molecule has 7 heteroatoms. The summed E-state index contributed by atoms with van der Waals surface area (Å²) in [7, 11) is 0. The Morgan fingerprint density at radius 1 is 1.06 bits per heavy atom. The summed E-state index contributed by atoms with van der Waals surface area (Å²) in [6.07, 6.45) is -2.74. The molecule has 1 aliphatic rings. The second kappa shape index (κ2) is 4.17. The standard InChI is InChI=1S/C11H6F3NO3/c12-11(13,14)18-8-3-1-2-7(6-8)15-9(16)4-5-10(15)17/h1-6H. The van der Waals surface area contributed by atoms with Crippen molar-refractivity contribution < 1.29 is 27.5 Å². The number of rotatable bonds is 2. The summed E-state index contributed by atoms with van der Waals surface area (Å²) in [5.74, 6) is -1.71. The van der Waals surface area contributed by atoms with Crippen LogP contribution in [0.4, 0.5) is 18.9 Å². The van der Waals surface area contributed by atoms with Gasteiger partial charge in [0.2, 0.25) is 0 Å². The van der Waals surface area contributed by atoms with E-state index in [4.69, 9.17) is 0 Å². The molecule has 0 bridgehead atoms. The molecule has 1 aliphatic heterocycles. The van der Waals surface area contributed by atoms with Crippen LogP contribution in [-0.4, -0.2) is 18.2 Å². The largest absolute Gasteiger partial charge is 0.573 e. The number of carbonyl (C=O) groups excluding carboxylic acids is 2. The van der Waals surface area contributed by atoms with Gasteiger partial charge in [0, 0.05) is 18.2 Å². The monoisotopic (exact) mass is 257 g/mol. The number of benzene rings is 1. The fraction of sp³-hybridized carbons (Fsp3) is 0.0909. The van der Waals surface area contributed by atoms with Gasteiger partial charge in [-0.15, -0.1) is 13.2 Å². The Hall–Kier alpha value is -2.31. The van der Waals surface area contributed by atoms with E-state index < -0.39 is 23.9 Å². The van der Waals surface area contributed by atoms with Gasteiger partial charge in [-0.05, 0) is 12.1 Å². The summed E-state index contributed by atoms with van der Waals surface area (Å²) in [6, 6.07) is 4.65. The summed E-state index contributed by atoms with van der Waals surface area (Å²) in [4.78, 5) is 23.4. The molecule has 0 atom stereocenters. The van der Waals surface area contributed by atoms with Crippen LogP contribution in [0, 0.1) is 0 Å². The van der Waals surface area contributed by atoms with E-state index in [-0.39, 0.29) is 5.69 Å². The Kier molecular flexibility index (Phi) is 2.82. The van der Waals surface area contributed by atoms with Crippen molar-refractivity contribution in [2.45, 2.75) is 6.36 Å². The third kappa shape index (κ3) is 2.50. The molecule has 2 amide bonds. The highest BCUT2D eigenvalue weighted by Gasteiger charge is 2.32. The molecule has 0 fully saturated rings. The van der Waals surface area contributed by atoms with Gasteiger partial charge in [-0.3, -0.25) is 9.59 Å². The minimum absolute atomic E-state index is 0.0248. The van der Waals surface area contributed by atoms with E-state index in [9.17, 15) is 22.8 Å². The maximum absolute atomic E-state index is 12.0. The van der Waals surface area contributed by atoms with Crippen molar-refractivity contribution in [1.82, 2.24) is 0 Å². The van der Waals surface area contributed by atoms with Crippen LogP contribution in [0.2, 0.25) is 0 Å². The van der Waals surface area contributed by atoms with Crippen molar-refractivity contribution in [2.24, 2.45) is 0 Å². The number of anilines is 1. The van der Waals surface area contributed by atoms with E-state index in [1.165, 1.54) is 12.1 Å². The van der Waals surface area contributed by atoms with E-state index in [2.05, 4.69) is 4.74 Å². The summed E-state index contributed by atoms with van der Waals surface area (Å²) < 4.78 is 39.8. The van der Waals surface area contributed by atoms with Gasteiger partial charge in [-0.25, -0.2) is 4.90 Å². The number of nitrogens with zero attached hydrogens (tertiary/aromatic N) is 1. The third-order valence-corrected chi connectivity index (χ3v) is 2.12. The number of halogens is 3. The first kappa shape index (κ1) is 12.2. The molecule has 1 heterocycles. The minimum atomic E-state index is -4.82. The molecule has 0 N–H and O–H groups in total. The highest BCUT2D eigenvalue weighted by Crippen LogP contribution is 2.28. The van der Waals surface area contributed by atoms with Crippen molar-refractivity contribution in [3.05, 3.63) is 36.4 Å². The highest BCUT2D eigenvalue weighted by molar-refractivity contribution is 6.28. The second-order valence-corrected chi connectivity index (χ2v) is 3.39. The zero-order valence-corrected chi connectivity index (χ0v) is 8.77. The number of amides is 2. The molecule has 2 rings (SSSR count). The maximum Gasteiger partial charge on any atom is 0.573 e. The quantitative estimate of drug-likeness (QED) is 0.761. The smallest absolute Gasteiger partial charge is 0.406 e. The first-order chi connectivity index (χ1) is 8.37. The van der Waals surface area contributed by atoms with Crippen LogP contribution >= 0.6 is 0 Å². The molecule has 18 heavy (non-hydrogen) atoms. The Labute approximate surface area is 99.3 Å². The Balaban J connectivity index is 2.28. The molecule has 4 nitrogen and oxygen atoms in total. The fourth-order valence-corrected chi connectivity index (χ4v) is 1.47. The molecule has 0 saturated carbocycles. The lowest BCUT2D eigenvalue weighted by Crippen LogP contribution is -2.29. The van der Waals surface area contributed by atoms with Crippen molar-refractivity contribution in [3.8, 4) is 5.75 Å². The zero-order valence-electron chi connectivity index (χ0n) is 8.77. The molecule has 0 unspecified atom stereocenters. The molecule has 94 valence electrons. The van der Waals surface area contributed by atoms with Gasteiger partial charge in [0.1, 0.15) is 5.75 Å². The van der Waals surface area contributed by atoms with Gasteiger partial charge in [-0.2, -0.15) is 0 Å². The summed E-state index contributed by atoms with van der Waals surface area (Å²) in [5, 5.41) is 0. The third-order valence-electron chi connectivity index (χ3n) is 2.12. The average Bonchev–Trinajstić information content (AvgIpc) is 2.56. The normalized spacial score (nSPS) is 15.4. The first-order valence-electron chi connectivity index (χ1n) is 4.79. The fourth-order valence-electron chi connectivity index (χ4n) is 1.47. The molecule has 0 aromatic heterocycles. The van der Waals surface area contributed by atoms with Gasteiger partial charge < -0.3 is 4.74 Å². The van der Waals surface area contributed by atoms with Gasteiger partial charge >= 0.3 is 6.36 Å². The van der Waals surface area contributed by atoms with Gasteiger partial charge in [0.05, 0.1) is 5.69 Å². The van der Waals surface area contributed by atoms with Crippen molar-refractivity contribution in [1.29, 1.82) is 0 Å². The predicted molar refractivity (Wildman–Crippen MR) is 54.8 cm³/mol. The molecular weight excluding hydrogens is 251 g/mol. The van der Waals surface area contributed by atoms with Crippen molar-refractivity contribution >= 4 is 17.5 Å². The molecule has 1 aromatic rings.